The molecule has 0 radical (unpaired) electrons. The molecule has 0 nitrogen and oxygen atoms in total. The Morgan fingerprint density at radius 3 is 2.25 bits per heavy atom. The fourth-order valence-electron chi connectivity index (χ4n) is 2.21. The average Bonchev–Trinajstić information content (AvgIpc) is 2.15. The minimum Gasteiger partial charge on any atom is -0.179 e. The van der Waals surface area contributed by atoms with Crippen molar-refractivity contribution in [3.63, 3.8) is 0 Å². The van der Waals surface area contributed by atoms with Gasteiger partial charge in [-0.2, -0.15) is 12.6 Å². The van der Waals surface area contributed by atoms with Crippen LogP contribution < -0.4 is 0 Å². The number of hydrogen-bond donors (Lipinski definition) is 1. The van der Waals surface area contributed by atoms with Crippen molar-refractivity contribution in [1.82, 2.24) is 0 Å². The van der Waals surface area contributed by atoms with E-state index in [2.05, 4.69) is 12.6 Å². The predicted octanol–water partition coefficient (Wildman–Crippen LogP) is 1.96. The maximum atomic E-state index is 4.30. The van der Waals surface area contributed by atoms with Crippen molar-refractivity contribution >= 4 is 12.6 Å². The van der Waals surface area contributed by atoms with Crippen LogP contribution in [0, 0.1) is 17.8 Å². The molecule has 0 amide bonds. The average molecular weight is 128 g/mol. The minimum absolute atomic E-state index is 1.00. The highest BCUT2D eigenvalue weighted by Crippen LogP contribution is 2.52. The van der Waals surface area contributed by atoms with Gasteiger partial charge in [-0.15, -0.1) is 0 Å². The molecule has 1 unspecified atom stereocenters. The van der Waals surface area contributed by atoms with Crippen molar-refractivity contribution in [2.24, 2.45) is 17.8 Å². The van der Waals surface area contributed by atoms with Crippen LogP contribution in [-0.4, -0.2) is 5.75 Å². The van der Waals surface area contributed by atoms with Crippen LogP contribution in [0.25, 0.3) is 0 Å². The monoisotopic (exact) mass is 128 g/mol. The zero-order valence-corrected chi connectivity index (χ0v) is 5.90. The molecule has 0 N–H and O–H groups in total. The van der Waals surface area contributed by atoms with Crippen LogP contribution in [0.4, 0.5) is 0 Å². The summed E-state index contributed by atoms with van der Waals surface area (Å²) < 4.78 is 0. The Hall–Kier alpha value is 0.350. The van der Waals surface area contributed by atoms with E-state index in [1.807, 2.05) is 0 Å². The van der Waals surface area contributed by atoms with Gasteiger partial charge in [0.2, 0.25) is 0 Å². The van der Waals surface area contributed by atoms with Crippen LogP contribution in [0.15, 0.2) is 0 Å². The minimum atomic E-state index is 1.00. The lowest BCUT2D eigenvalue weighted by Crippen LogP contribution is -2.14. The molecule has 0 aromatic heterocycles. The lowest BCUT2D eigenvalue weighted by molar-refractivity contribution is 0.283. The molecule has 3 aliphatic carbocycles. The third kappa shape index (κ3) is 0.540. The highest BCUT2D eigenvalue weighted by atomic mass is 32.1. The van der Waals surface area contributed by atoms with Gasteiger partial charge in [0.1, 0.15) is 0 Å². The van der Waals surface area contributed by atoms with Gasteiger partial charge in [0.25, 0.3) is 0 Å². The first kappa shape index (κ1) is 5.16. The second-order valence-corrected chi connectivity index (χ2v) is 3.64. The molecule has 8 heavy (non-hydrogen) atoms. The summed E-state index contributed by atoms with van der Waals surface area (Å²) in [6.45, 7) is 0. The molecule has 0 saturated heterocycles. The fraction of sp³-hybridized carbons (Fsp3) is 1.00. The Balaban J connectivity index is 2.00. The van der Waals surface area contributed by atoms with E-state index in [4.69, 9.17) is 0 Å². The Kier molecular flexibility index (Phi) is 1.07. The second-order valence-electron chi connectivity index (χ2n) is 3.28. The van der Waals surface area contributed by atoms with Gasteiger partial charge in [-0.3, -0.25) is 0 Å². The number of rotatable bonds is 1. The topological polar surface area (TPSA) is 0 Å². The molecule has 3 aliphatic rings. The second kappa shape index (κ2) is 1.66. The number of thiol groups is 1. The van der Waals surface area contributed by atoms with E-state index in [1.54, 1.807) is 0 Å². The fourth-order valence-corrected chi connectivity index (χ4v) is 2.66. The maximum absolute atomic E-state index is 4.30. The van der Waals surface area contributed by atoms with Gasteiger partial charge in [-0.1, -0.05) is 0 Å². The first-order chi connectivity index (χ1) is 3.90. The molecule has 0 aromatic rings. The molecule has 1 atom stereocenters. The van der Waals surface area contributed by atoms with Crippen molar-refractivity contribution in [3.8, 4) is 0 Å². The molecule has 2 bridgehead atoms. The van der Waals surface area contributed by atoms with Crippen LogP contribution >= 0.6 is 12.6 Å². The lowest BCUT2D eigenvalue weighted by Gasteiger charge is -2.23. The zero-order chi connectivity index (χ0) is 5.56. The van der Waals surface area contributed by atoms with Crippen molar-refractivity contribution < 1.29 is 0 Å². The maximum Gasteiger partial charge on any atom is -0.00667 e. The predicted molar refractivity (Wildman–Crippen MR) is 38.2 cm³/mol. The molecule has 3 rings (SSSR count). The van der Waals surface area contributed by atoms with Gasteiger partial charge in [-0.25, -0.2) is 0 Å². The highest BCUT2D eigenvalue weighted by molar-refractivity contribution is 7.80. The summed E-state index contributed by atoms with van der Waals surface area (Å²) in [5.41, 5.74) is 0. The van der Waals surface area contributed by atoms with Gasteiger partial charge in [0.15, 0.2) is 0 Å². The molecular weight excluding hydrogens is 116 g/mol. The Labute approximate surface area is 56.1 Å². The summed E-state index contributed by atoms with van der Waals surface area (Å²) in [4.78, 5) is 0. The first-order valence-corrected chi connectivity index (χ1v) is 4.14. The molecule has 0 aliphatic heterocycles. The highest BCUT2D eigenvalue weighted by Gasteiger charge is 2.42. The van der Waals surface area contributed by atoms with E-state index in [1.165, 1.54) is 19.3 Å². The number of hydrogen-bond acceptors (Lipinski definition) is 1. The molecule has 3 saturated carbocycles. The van der Waals surface area contributed by atoms with Crippen molar-refractivity contribution in [2.75, 3.05) is 5.75 Å². The summed E-state index contributed by atoms with van der Waals surface area (Å²) in [6.07, 6.45) is 4.56. The van der Waals surface area contributed by atoms with Crippen LogP contribution in [0.2, 0.25) is 0 Å². The third-order valence-corrected chi connectivity index (χ3v) is 3.28. The molecule has 0 aromatic carbocycles. The van der Waals surface area contributed by atoms with E-state index in [0.717, 1.165) is 23.5 Å². The summed E-state index contributed by atoms with van der Waals surface area (Å²) in [5.74, 6) is 4.36. The van der Waals surface area contributed by atoms with Crippen LogP contribution in [0.3, 0.4) is 0 Å². The molecule has 0 heterocycles. The van der Waals surface area contributed by atoms with Gasteiger partial charge >= 0.3 is 0 Å². The lowest BCUT2D eigenvalue weighted by atomic mass is 9.83. The van der Waals surface area contributed by atoms with E-state index in [-0.39, 0.29) is 0 Å². The first-order valence-electron chi connectivity index (χ1n) is 3.51. The van der Waals surface area contributed by atoms with Crippen LogP contribution in [0.5, 0.6) is 0 Å². The normalized spacial score (nSPS) is 51.4. The van der Waals surface area contributed by atoms with Crippen LogP contribution in [-0.2, 0) is 0 Å². The van der Waals surface area contributed by atoms with Gasteiger partial charge in [-0.05, 0) is 42.8 Å². The molecular formula is C7H12S. The SMILES string of the molecule is SCC1CC2CC1C2. The van der Waals surface area contributed by atoms with E-state index < -0.39 is 0 Å². The molecule has 3 fully saturated rings. The van der Waals surface area contributed by atoms with Gasteiger partial charge < -0.3 is 0 Å². The van der Waals surface area contributed by atoms with E-state index in [0.29, 0.717) is 0 Å². The van der Waals surface area contributed by atoms with Crippen molar-refractivity contribution in [1.29, 1.82) is 0 Å². The quantitative estimate of drug-likeness (QED) is 0.513. The summed E-state index contributed by atoms with van der Waals surface area (Å²) in [6, 6.07) is 0. The van der Waals surface area contributed by atoms with E-state index >= 15 is 0 Å². The molecule has 1 heteroatoms. The van der Waals surface area contributed by atoms with E-state index in [9.17, 15) is 0 Å². The standard InChI is InChI=1S/C7H12S/c8-4-7-3-5-1-6(7)2-5/h5-8H,1-4H2. The Morgan fingerprint density at radius 2 is 2.00 bits per heavy atom. The summed E-state index contributed by atoms with van der Waals surface area (Å²) in [7, 11) is 0. The summed E-state index contributed by atoms with van der Waals surface area (Å²) >= 11 is 4.30. The third-order valence-electron chi connectivity index (χ3n) is 2.81. The zero-order valence-electron chi connectivity index (χ0n) is 5.01. The molecule has 46 valence electrons. The van der Waals surface area contributed by atoms with Gasteiger partial charge in [0, 0.05) is 0 Å². The van der Waals surface area contributed by atoms with Gasteiger partial charge in [0.05, 0.1) is 0 Å². The summed E-state index contributed by atoms with van der Waals surface area (Å²) in [5, 5.41) is 0. The van der Waals surface area contributed by atoms with Crippen LogP contribution in [0.1, 0.15) is 19.3 Å². The largest absolute Gasteiger partial charge is 0.179 e. The van der Waals surface area contributed by atoms with Crippen molar-refractivity contribution in [3.05, 3.63) is 0 Å². The van der Waals surface area contributed by atoms with Crippen molar-refractivity contribution in [2.45, 2.75) is 19.3 Å². The molecule has 0 spiro atoms. The Morgan fingerprint density at radius 1 is 1.25 bits per heavy atom. The number of fused-ring (bicyclic) bond motifs is 1. The smallest absolute Gasteiger partial charge is 0.00667 e. The Bertz CT molecular complexity index is 94.6.